The van der Waals surface area contributed by atoms with Crippen LogP contribution in [0.15, 0.2) is 23.5 Å². The van der Waals surface area contributed by atoms with Crippen molar-refractivity contribution in [3.8, 4) is 0 Å². The first-order chi connectivity index (χ1) is 12.7. The van der Waals surface area contributed by atoms with E-state index in [4.69, 9.17) is 15.5 Å². The molecule has 4 rings (SSSR count). The lowest BCUT2D eigenvalue weighted by atomic mass is 9.61. The minimum atomic E-state index is 0. The zero-order valence-corrected chi connectivity index (χ0v) is 18.4. The molecule has 27 heavy (non-hydrogen) atoms. The fourth-order valence-corrected chi connectivity index (χ4v) is 4.86. The Morgan fingerprint density at radius 1 is 1.22 bits per heavy atom. The lowest BCUT2D eigenvalue weighted by Crippen LogP contribution is -2.58. The summed E-state index contributed by atoms with van der Waals surface area (Å²) < 4.78 is 5.99. The molecule has 3 fully saturated rings. The second-order valence-corrected chi connectivity index (χ2v) is 7.65. The third-order valence-electron chi connectivity index (χ3n) is 6.37. The van der Waals surface area contributed by atoms with E-state index in [2.05, 4.69) is 26.7 Å². The summed E-state index contributed by atoms with van der Waals surface area (Å²) in [5.41, 5.74) is 6.65. The average Bonchev–Trinajstić information content (AvgIpc) is 3.21. The maximum atomic E-state index is 6.40. The largest absolute Gasteiger partial charge is 0.378 e. The van der Waals surface area contributed by atoms with Crippen LogP contribution in [-0.2, 0) is 4.74 Å². The number of anilines is 1. The van der Waals surface area contributed by atoms with E-state index >= 15 is 0 Å². The highest BCUT2D eigenvalue weighted by Crippen LogP contribution is 2.56. The molecular formula is C19H31IN6O. The molecule has 7 nitrogen and oxygen atoms in total. The molecule has 1 aromatic rings. The van der Waals surface area contributed by atoms with Gasteiger partial charge in [-0.05, 0) is 32.3 Å². The van der Waals surface area contributed by atoms with Gasteiger partial charge in [-0.3, -0.25) is 0 Å². The molecule has 1 spiro atoms. The topological polar surface area (TPSA) is 79.9 Å². The molecule has 2 N–H and O–H groups in total. The number of halogens is 1. The Bertz CT molecular complexity index is 628. The fraction of sp³-hybridized carbons (Fsp3) is 0.737. The lowest BCUT2D eigenvalue weighted by Gasteiger charge is -2.52. The van der Waals surface area contributed by atoms with E-state index in [-0.39, 0.29) is 29.4 Å². The molecule has 2 unspecified atom stereocenters. The van der Waals surface area contributed by atoms with Gasteiger partial charge in [0.15, 0.2) is 5.96 Å². The van der Waals surface area contributed by atoms with Gasteiger partial charge in [0.05, 0.1) is 12.1 Å². The highest BCUT2D eigenvalue weighted by Gasteiger charge is 2.57. The highest BCUT2D eigenvalue weighted by molar-refractivity contribution is 14.0. The van der Waals surface area contributed by atoms with Gasteiger partial charge in [-0.1, -0.05) is 12.8 Å². The van der Waals surface area contributed by atoms with E-state index in [1.54, 1.807) is 12.4 Å². The van der Waals surface area contributed by atoms with E-state index in [9.17, 15) is 0 Å². The van der Waals surface area contributed by atoms with Crippen molar-refractivity contribution < 1.29 is 4.74 Å². The van der Waals surface area contributed by atoms with E-state index in [0.717, 1.165) is 45.2 Å². The molecule has 150 valence electrons. The van der Waals surface area contributed by atoms with Crippen LogP contribution in [0.5, 0.6) is 0 Å². The molecule has 2 aliphatic carbocycles. The summed E-state index contributed by atoms with van der Waals surface area (Å²) in [6.07, 6.45) is 10.0. The molecule has 0 aromatic carbocycles. The first-order valence-electron chi connectivity index (χ1n) is 9.95. The molecule has 2 heterocycles. The smallest absolute Gasteiger partial charge is 0.225 e. The zero-order chi connectivity index (χ0) is 18.0. The molecule has 0 bridgehead atoms. The summed E-state index contributed by atoms with van der Waals surface area (Å²) in [4.78, 5) is 18.0. The van der Waals surface area contributed by atoms with Crippen molar-refractivity contribution in [2.45, 2.75) is 51.2 Å². The van der Waals surface area contributed by atoms with Crippen LogP contribution >= 0.6 is 24.0 Å². The van der Waals surface area contributed by atoms with Crippen LogP contribution in [0.25, 0.3) is 0 Å². The summed E-state index contributed by atoms with van der Waals surface area (Å²) >= 11 is 0. The standard InChI is InChI=1S/C19H30N6O.HI/c1-2-26-16-14-15(19(16)6-3-4-7-19)23-17(20)24-10-12-25(13-11-24)18-21-8-5-9-22-18;/h5,8-9,15-16H,2-4,6-7,10-14H2,1H3,(H2,20,23);1H. The summed E-state index contributed by atoms with van der Waals surface area (Å²) in [6.45, 7) is 6.35. The quantitative estimate of drug-likeness (QED) is 0.400. The van der Waals surface area contributed by atoms with Crippen molar-refractivity contribution in [2.24, 2.45) is 16.1 Å². The number of aliphatic imine (C=N–C) groups is 1. The predicted molar refractivity (Wildman–Crippen MR) is 118 cm³/mol. The van der Waals surface area contributed by atoms with E-state index in [1.165, 1.54) is 25.7 Å². The average molecular weight is 486 g/mol. The van der Waals surface area contributed by atoms with Gasteiger partial charge in [-0.25, -0.2) is 15.0 Å². The summed E-state index contributed by atoms with van der Waals surface area (Å²) in [7, 11) is 0. The van der Waals surface area contributed by atoms with Crippen molar-refractivity contribution >= 4 is 35.9 Å². The Morgan fingerprint density at radius 2 is 1.89 bits per heavy atom. The number of piperazine rings is 1. The summed E-state index contributed by atoms with van der Waals surface area (Å²) in [5.74, 6) is 1.50. The molecule has 8 heteroatoms. The van der Waals surface area contributed by atoms with Gasteiger partial charge in [0, 0.05) is 50.6 Å². The molecule has 1 aliphatic heterocycles. The lowest BCUT2D eigenvalue weighted by molar-refractivity contribution is -0.119. The fourth-order valence-electron chi connectivity index (χ4n) is 4.86. The second-order valence-electron chi connectivity index (χ2n) is 7.65. The van der Waals surface area contributed by atoms with Gasteiger partial charge >= 0.3 is 0 Å². The van der Waals surface area contributed by atoms with Gasteiger partial charge in [0.2, 0.25) is 5.95 Å². The summed E-state index contributed by atoms with van der Waals surface area (Å²) in [6, 6.07) is 2.18. The van der Waals surface area contributed by atoms with E-state index in [0.29, 0.717) is 18.1 Å². The van der Waals surface area contributed by atoms with Crippen LogP contribution < -0.4 is 10.6 Å². The summed E-state index contributed by atoms with van der Waals surface area (Å²) in [5, 5.41) is 0. The first kappa shape index (κ1) is 20.6. The Hall–Kier alpha value is -1.16. The normalized spacial score (nSPS) is 27.4. The number of aromatic nitrogens is 2. The van der Waals surface area contributed by atoms with Crippen LogP contribution in [0.2, 0.25) is 0 Å². The maximum Gasteiger partial charge on any atom is 0.225 e. The Morgan fingerprint density at radius 3 is 2.52 bits per heavy atom. The minimum absolute atomic E-state index is 0. The van der Waals surface area contributed by atoms with E-state index in [1.807, 2.05) is 6.07 Å². The van der Waals surface area contributed by atoms with Gasteiger partial charge in [0.1, 0.15) is 0 Å². The molecule has 0 radical (unpaired) electrons. The van der Waals surface area contributed by atoms with Crippen LogP contribution in [0.1, 0.15) is 39.0 Å². The van der Waals surface area contributed by atoms with E-state index < -0.39 is 0 Å². The molecule has 3 aliphatic rings. The van der Waals surface area contributed by atoms with Crippen molar-refractivity contribution in [3.05, 3.63) is 18.5 Å². The predicted octanol–water partition coefficient (Wildman–Crippen LogP) is 2.27. The van der Waals surface area contributed by atoms with Crippen molar-refractivity contribution in [1.82, 2.24) is 14.9 Å². The van der Waals surface area contributed by atoms with Crippen molar-refractivity contribution in [3.63, 3.8) is 0 Å². The number of nitrogens with zero attached hydrogens (tertiary/aromatic N) is 5. The van der Waals surface area contributed by atoms with Gasteiger partial charge in [-0.15, -0.1) is 24.0 Å². The minimum Gasteiger partial charge on any atom is -0.378 e. The molecule has 2 atom stereocenters. The van der Waals surface area contributed by atoms with Gasteiger partial charge in [-0.2, -0.15) is 0 Å². The number of guanidine groups is 1. The molecule has 1 saturated heterocycles. The van der Waals surface area contributed by atoms with Gasteiger partial charge < -0.3 is 20.3 Å². The van der Waals surface area contributed by atoms with Crippen molar-refractivity contribution in [1.29, 1.82) is 0 Å². The SMILES string of the molecule is CCOC1CC(N=C(N)N2CCN(c3ncccn3)CC2)C12CCCC2.I. The molecular weight excluding hydrogens is 455 g/mol. The van der Waals surface area contributed by atoms with Crippen molar-refractivity contribution in [2.75, 3.05) is 37.7 Å². The Labute approximate surface area is 178 Å². The highest BCUT2D eigenvalue weighted by atomic mass is 127. The molecule has 1 aromatic heterocycles. The number of nitrogens with two attached hydrogens (primary N) is 1. The number of hydrogen-bond acceptors (Lipinski definition) is 5. The number of hydrogen-bond donors (Lipinski definition) is 1. The van der Waals surface area contributed by atoms with Crippen LogP contribution in [-0.4, -0.2) is 65.8 Å². The Kier molecular flexibility index (Phi) is 6.78. The molecule has 0 amide bonds. The first-order valence-corrected chi connectivity index (χ1v) is 9.95. The van der Waals surface area contributed by atoms with Crippen LogP contribution in [0, 0.1) is 5.41 Å². The monoisotopic (exact) mass is 486 g/mol. The zero-order valence-electron chi connectivity index (χ0n) is 16.1. The number of ether oxygens (including phenoxy) is 1. The second kappa shape index (κ2) is 8.89. The number of rotatable bonds is 4. The molecule has 2 saturated carbocycles. The van der Waals surface area contributed by atoms with Crippen LogP contribution in [0.3, 0.4) is 0 Å². The van der Waals surface area contributed by atoms with Crippen LogP contribution in [0.4, 0.5) is 5.95 Å². The Balaban J connectivity index is 0.00000210. The third kappa shape index (κ3) is 4.01. The third-order valence-corrected chi connectivity index (χ3v) is 6.37. The maximum absolute atomic E-state index is 6.40. The van der Waals surface area contributed by atoms with Gasteiger partial charge in [0.25, 0.3) is 0 Å².